The maximum absolute atomic E-state index is 12.4. The van der Waals surface area contributed by atoms with Crippen LogP contribution in [0.4, 0.5) is 0 Å². The molecule has 3 heteroatoms. The topological polar surface area (TPSA) is 40.5 Å². The van der Waals surface area contributed by atoms with Gasteiger partial charge in [0.25, 0.3) is 0 Å². The molecular formula is C16H31NO2. The molecule has 0 aromatic carbocycles. The van der Waals surface area contributed by atoms with Gasteiger partial charge in [-0.3, -0.25) is 9.69 Å². The van der Waals surface area contributed by atoms with Gasteiger partial charge in [-0.1, -0.05) is 32.9 Å². The third-order valence-corrected chi connectivity index (χ3v) is 3.76. The Kier molecular flexibility index (Phi) is 8.19. The highest BCUT2D eigenvalue weighted by molar-refractivity contribution is 5.86. The number of nitrogens with zero attached hydrogens (tertiary/aromatic N) is 1. The first-order valence-electron chi connectivity index (χ1n) is 7.28. The molecule has 1 N–H and O–H groups in total. The monoisotopic (exact) mass is 269 g/mol. The Bertz CT molecular complexity index is 297. The standard InChI is InChI=1S/C16H31NO2/c1-8-9-10-13(6)16(19)14(15(18)11(2)3)17(7)12(4)5/h8-9,11-14,16,19H,10H2,1-7H3/b9-8+/t13-,14?,16?/m1/s1. The van der Waals surface area contributed by atoms with E-state index in [2.05, 4.69) is 0 Å². The van der Waals surface area contributed by atoms with E-state index in [9.17, 15) is 9.90 Å². The number of hydrogen-bond donors (Lipinski definition) is 1. The zero-order chi connectivity index (χ0) is 15.2. The zero-order valence-corrected chi connectivity index (χ0v) is 13.6. The number of hydrogen-bond acceptors (Lipinski definition) is 3. The van der Waals surface area contributed by atoms with Gasteiger partial charge in [0.05, 0.1) is 12.1 Å². The molecule has 3 nitrogen and oxygen atoms in total. The normalized spacial score (nSPS) is 17.4. The van der Waals surface area contributed by atoms with Crippen molar-refractivity contribution in [3.8, 4) is 0 Å². The van der Waals surface area contributed by atoms with Crippen LogP contribution in [-0.2, 0) is 4.79 Å². The molecule has 2 unspecified atom stereocenters. The van der Waals surface area contributed by atoms with Crippen molar-refractivity contribution in [2.75, 3.05) is 7.05 Å². The molecule has 19 heavy (non-hydrogen) atoms. The van der Waals surface area contributed by atoms with Crippen LogP contribution in [0.1, 0.15) is 48.0 Å². The van der Waals surface area contributed by atoms with Crippen molar-refractivity contribution in [1.82, 2.24) is 4.90 Å². The van der Waals surface area contributed by atoms with Crippen molar-refractivity contribution < 1.29 is 9.90 Å². The lowest BCUT2D eigenvalue weighted by Crippen LogP contribution is -2.53. The average molecular weight is 269 g/mol. The zero-order valence-electron chi connectivity index (χ0n) is 13.6. The molecular weight excluding hydrogens is 238 g/mol. The van der Waals surface area contributed by atoms with Crippen LogP contribution in [0.3, 0.4) is 0 Å². The molecule has 0 spiro atoms. The lowest BCUT2D eigenvalue weighted by atomic mass is 9.87. The molecule has 0 rings (SSSR count). The van der Waals surface area contributed by atoms with Gasteiger partial charge in [-0.15, -0.1) is 0 Å². The van der Waals surface area contributed by atoms with Crippen molar-refractivity contribution in [1.29, 1.82) is 0 Å². The maximum atomic E-state index is 12.4. The third-order valence-electron chi connectivity index (χ3n) is 3.76. The average Bonchev–Trinajstić information content (AvgIpc) is 2.35. The lowest BCUT2D eigenvalue weighted by molar-refractivity contribution is -0.133. The van der Waals surface area contributed by atoms with Crippen LogP contribution < -0.4 is 0 Å². The Morgan fingerprint density at radius 1 is 1.21 bits per heavy atom. The van der Waals surface area contributed by atoms with Crippen LogP contribution in [0.5, 0.6) is 0 Å². The molecule has 0 amide bonds. The summed E-state index contributed by atoms with van der Waals surface area (Å²) in [6.07, 6.45) is 4.19. The Hall–Kier alpha value is -0.670. The van der Waals surface area contributed by atoms with Crippen LogP contribution in [-0.4, -0.2) is 41.0 Å². The molecule has 0 saturated carbocycles. The summed E-state index contributed by atoms with van der Waals surface area (Å²) in [6.45, 7) is 11.9. The second kappa shape index (κ2) is 8.49. The summed E-state index contributed by atoms with van der Waals surface area (Å²) in [4.78, 5) is 14.4. The predicted molar refractivity (Wildman–Crippen MR) is 81.1 cm³/mol. The molecule has 112 valence electrons. The van der Waals surface area contributed by atoms with E-state index in [1.807, 2.05) is 65.6 Å². The number of aliphatic hydroxyl groups is 1. The van der Waals surface area contributed by atoms with Crippen molar-refractivity contribution in [3.63, 3.8) is 0 Å². The Labute approximate surface area is 118 Å². The van der Waals surface area contributed by atoms with E-state index in [0.29, 0.717) is 0 Å². The Balaban J connectivity index is 5.06. The van der Waals surface area contributed by atoms with E-state index in [1.165, 1.54) is 0 Å². The molecule has 0 aliphatic carbocycles. The van der Waals surface area contributed by atoms with Gasteiger partial charge in [-0.25, -0.2) is 0 Å². The SMILES string of the molecule is C/C=C/C[C@@H](C)C(O)C(C(=O)C(C)C)N(C)C(C)C. The summed E-state index contributed by atoms with van der Waals surface area (Å²) in [7, 11) is 1.92. The minimum Gasteiger partial charge on any atom is -0.391 e. The van der Waals surface area contributed by atoms with Crippen LogP contribution in [0, 0.1) is 11.8 Å². The summed E-state index contributed by atoms with van der Waals surface area (Å²) in [5.41, 5.74) is 0. The number of aliphatic hydroxyl groups excluding tert-OH is 1. The summed E-state index contributed by atoms with van der Waals surface area (Å²) >= 11 is 0. The fraction of sp³-hybridized carbons (Fsp3) is 0.812. The van der Waals surface area contributed by atoms with E-state index in [1.54, 1.807) is 0 Å². The fourth-order valence-electron chi connectivity index (χ4n) is 2.07. The highest BCUT2D eigenvalue weighted by Crippen LogP contribution is 2.20. The molecule has 0 heterocycles. The van der Waals surface area contributed by atoms with Crippen LogP contribution in [0.15, 0.2) is 12.2 Å². The number of likely N-dealkylation sites (N-methyl/N-ethyl adjacent to an activating group) is 1. The first-order valence-corrected chi connectivity index (χ1v) is 7.28. The summed E-state index contributed by atoms with van der Waals surface area (Å²) in [6, 6.07) is -0.184. The highest BCUT2D eigenvalue weighted by atomic mass is 16.3. The van der Waals surface area contributed by atoms with Gasteiger partial charge in [-0.2, -0.15) is 0 Å². The molecule has 0 aliphatic heterocycles. The van der Waals surface area contributed by atoms with Gasteiger partial charge in [-0.05, 0) is 40.2 Å². The molecule has 0 radical (unpaired) electrons. The summed E-state index contributed by atoms with van der Waals surface area (Å²) < 4.78 is 0. The van der Waals surface area contributed by atoms with E-state index in [-0.39, 0.29) is 23.7 Å². The quantitative estimate of drug-likeness (QED) is 0.689. The van der Waals surface area contributed by atoms with E-state index in [4.69, 9.17) is 0 Å². The summed E-state index contributed by atoms with van der Waals surface area (Å²) in [5.74, 6) is 0.135. The van der Waals surface area contributed by atoms with Crippen molar-refractivity contribution in [2.45, 2.75) is 66.2 Å². The van der Waals surface area contributed by atoms with Gasteiger partial charge >= 0.3 is 0 Å². The van der Waals surface area contributed by atoms with Crippen LogP contribution in [0.2, 0.25) is 0 Å². The molecule has 0 aromatic heterocycles. The minimum absolute atomic E-state index is 0.0604. The number of rotatable bonds is 8. The second-order valence-electron chi connectivity index (χ2n) is 6.03. The molecule has 0 saturated heterocycles. The number of Topliss-reactive ketones (excluding diaryl/α,β-unsaturated/α-hetero) is 1. The third kappa shape index (κ3) is 5.45. The van der Waals surface area contributed by atoms with Crippen molar-refractivity contribution in [3.05, 3.63) is 12.2 Å². The predicted octanol–water partition coefficient (Wildman–Crippen LogP) is 2.88. The molecule has 0 bridgehead atoms. The largest absolute Gasteiger partial charge is 0.391 e. The maximum Gasteiger partial charge on any atom is 0.155 e. The van der Waals surface area contributed by atoms with Gasteiger partial charge in [0.1, 0.15) is 0 Å². The Morgan fingerprint density at radius 3 is 2.11 bits per heavy atom. The summed E-state index contributed by atoms with van der Waals surface area (Å²) in [5, 5.41) is 10.5. The van der Waals surface area contributed by atoms with Gasteiger partial charge < -0.3 is 5.11 Å². The molecule has 3 atom stereocenters. The molecule has 0 aromatic rings. The highest BCUT2D eigenvalue weighted by Gasteiger charge is 2.35. The van der Waals surface area contributed by atoms with Gasteiger partial charge in [0, 0.05) is 12.0 Å². The van der Waals surface area contributed by atoms with E-state index < -0.39 is 12.1 Å². The number of carbonyl (C=O) groups is 1. The van der Waals surface area contributed by atoms with Crippen molar-refractivity contribution in [2.24, 2.45) is 11.8 Å². The van der Waals surface area contributed by atoms with Gasteiger partial charge in [0.15, 0.2) is 5.78 Å². The van der Waals surface area contributed by atoms with E-state index in [0.717, 1.165) is 6.42 Å². The number of carbonyl (C=O) groups excluding carboxylic acids is 1. The Morgan fingerprint density at radius 2 is 1.74 bits per heavy atom. The number of ketones is 1. The van der Waals surface area contributed by atoms with Crippen molar-refractivity contribution >= 4 is 5.78 Å². The first-order chi connectivity index (χ1) is 8.73. The van der Waals surface area contributed by atoms with E-state index >= 15 is 0 Å². The minimum atomic E-state index is -0.626. The first kappa shape index (κ1) is 18.3. The second-order valence-corrected chi connectivity index (χ2v) is 6.03. The molecule has 0 aliphatic rings. The smallest absolute Gasteiger partial charge is 0.155 e. The lowest BCUT2D eigenvalue weighted by Gasteiger charge is -2.36. The van der Waals surface area contributed by atoms with Gasteiger partial charge in [0.2, 0.25) is 0 Å². The van der Waals surface area contributed by atoms with Crippen LogP contribution >= 0.6 is 0 Å². The van der Waals surface area contributed by atoms with Crippen LogP contribution in [0.25, 0.3) is 0 Å². The molecule has 0 fully saturated rings. The number of allylic oxidation sites excluding steroid dienone is 2. The fourth-order valence-corrected chi connectivity index (χ4v) is 2.07.